The average molecular weight is 528 g/mol. The number of nitrogens with zero attached hydrogens (tertiary/aromatic N) is 1. The third-order valence-corrected chi connectivity index (χ3v) is 6.96. The van der Waals surface area contributed by atoms with Gasteiger partial charge >= 0.3 is 0 Å². The van der Waals surface area contributed by atoms with Crippen LogP contribution in [0.15, 0.2) is 84.9 Å². The topological polar surface area (TPSA) is 53.6 Å². The Labute approximate surface area is 235 Å². The van der Waals surface area contributed by atoms with E-state index in [-0.39, 0.29) is 5.91 Å². The van der Waals surface area contributed by atoms with Crippen molar-refractivity contribution < 1.29 is 9.53 Å². The van der Waals surface area contributed by atoms with Crippen molar-refractivity contribution >= 4 is 23.4 Å². The SMILES string of the molecule is CCOCCCNCc1cc(NC(=O)C=Cc2ccccc2)ccc1N(C)CCC(CC)Cc1ccccc1. The normalized spacial score (nSPS) is 12.0. The molecule has 0 saturated carbocycles. The lowest BCUT2D eigenvalue weighted by molar-refractivity contribution is -0.111. The quantitative estimate of drug-likeness (QED) is 0.147. The maximum atomic E-state index is 12.6. The summed E-state index contributed by atoms with van der Waals surface area (Å²) in [6.45, 7) is 8.42. The van der Waals surface area contributed by atoms with E-state index in [4.69, 9.17) is 4.74 Å². The highest BCUT2D eigenvalue weighted by Crippen LogP contribution is 2.25. The fourth-order valence-corrected chi connectivity index (χ4v) is 4.66. The highest BCUT2D eigenvalue weighted by Gasteiger charge is 2.13. The first kappa shape index (κ1) is 30.1. The Morgan fingerprint density at radius 3 is 2.46 bits per heavy atom. The number of hydrogen-bond donors (Lipinski definition) is 2. The second kappa shape index (κ2) is 17.2. The van der Waals surface area contributed by atoms with Crippen LogP contribution in [0.25, 0.3) is 6.08 Å². The van der Waals surface area contributed by atoms with Crippen molar-refractivity contribution in [1.82, 2.24) is 5.32 Å². The molecule has 3 rings (SSSR count). The first-order valence-electron chi connectivity index (χ1n) is 14.3. The van der Waals surface area contributed by atoms with Gasteiger partial charge in [-0.1, -0.05) is 74.0 Å². The van der Waals surface area contributed by atoms with Crippen LogP contribution in [-0.2, 0) is 22.5 Å². The van der Waals surface area contributed by atoms with Crippen LogP contribution in [0.2, 0.25) is 0 Å². The molecule has 1 atom stereocenters. The van der Waals surface area contributed by atoms with Crippen LogP contribution in [0.3, 0.4) is 0 Å². The molecular weight excluding hydrogens is 482 g/mol. The lowest BCUT2D eigenvalue weighted by Crippen LogP contribution is -2.25. The number of carbonyl (C=O) groups excluding carboxylic acids is 1. The first-order valence-corrected chi connectivity index (χ1v) is 14.3. The van der Waals surface area contributed by atoms with E-state index in [2.05, 4.69) is 72.0 Å². The molecule has 0 bridgehead atoms. The molecule has 0 radical (unpaired) electrons. The van der Waals surface area contributed by atoms with E-state index < -0.39 is 0 Å². The minimum Gasteiger partial charge on any atom is -0.382 e. The van der Waals surface area contributed by atoms with Gasteiger partial charge in [0.1, 0.15) is 0 Å². The van der Waals surface area contributed by atoms with Gasteiger partial charge in [-0.15, -0.1) is 0 Å². The second-order valence-electron chi connectivity index (χ2n) is 9.98. The molecule has 0 heterocycles. The van der Waals surface area contributed by atoms with Crippen LogP contribution in [0, 0.1) is 5.92 Å². The van der Waals surface area contributed by atoms with Gasteiger partial charge in [-0.25, -0.2) is 0 Å². The molecular formula is C34H45N3O2. The Morgan fingerprint density at radius 1 is 1.00 bits per heavy atom. The van der Waals surface area contributed by atoms with Gasteiger partial charge in [0.05, 0.1) is 0 Å². The Morgan fingerprint density at radius 2 is 1.74 bits per heavy atom. The third-order valence-electron chi connectivity index (χ3n) is 6.96. The van der Waals surface area contributed by atoms with Crippen molar-refractivity contribution in [3.05, 3.63) is 102 Å². The van der Waals surface area contributed by atoms with Crippen LogP contribution in [0.5, 0.6) is 0 Å². The van der Waals surface area contributed by atoms with E-state index in [0.29, 0.717) is 5.92 Å². The van der Waals surface area contributed by atoms with Gasteiger partial charge < -0.3 is 20.3 Å². The van der Waals surface area contributed by atoms with Crippen molar-refractivity contribution in [2.45, 2.75) is 46.1 Å². The summed E-state index contributed by atoms with van der Waals surface area (Å²) in [4.78, 5) is 15.0. The first-order chi connectivity index (χ1) is 19.1. The number of ether oxygens (including phenoxy) is 1. The van der Waals surface area contributed by atoms with Gasteiger partial charge in [0.15, 0.2) is 0 Å². The summed E-state index contributed by atoms with van der Waals surface area (Å²) in [5.41, 5.74) is 5.58. The van der Waals surface area contributed by atoms with Crippen molar-refractivity contribution in [2.24, 2.45) is 5.92 Å². The van der Waals surface area contributed by atoms with Gasteiger partial charge in [-0.05, 0) is 79.6 Å². The molecule has 5 heteroatoms. The fourth-order valence-electron chi connectivity index (χ4n) is 4.66. The third kappa shape index (κ3) is 11.1. The van der Waals surface area contributed by atoms with Crippen molar-refractivity contribution in [1.29, 1.82) is 0 Å². The average Bonchev–Trinajstić information content (AvgIpc) is 2.97. The Bertz CT molecular complexity index is 1130. The molecule has 3 aromatic carbocycles. The zero-order valence-electron chi connectivity index (χ0n) is 23.9. The minimum absolute atomic E-state index is 0.137. The lowest BCUT2D eigenvalue weighted by atomic mass is 9.93. The fraction of sp³-hybridized carbons (Fsp3) is 0.382. The molecule has 3 aromatic rings. The van der Waals surface area contributed by atoms with Crippen LogP contribution < -0.4 is 15.5 Å². The van der Waals surface area contributed by atoms with Crippen molar-refractivity contribution in [3.8, 4) is 0 Å². The number of amides is 1. The van der Waals surface area contributed by atoms with E-state index in [1.807, 2.05) is 49.4 Å². The highest BCUT2D eigenvalue weighted by atomic mass is 16.5. The van der Waals surface area contributed by atoms with Crippen LogP contribution in [-0.4, -0.2) is 39.3 Å². The Balaban J connectivity index is 1.65. The predicted octanol–water partition coefficient (Wildman–Crippen LogP) is 6.95. The second-order valence-corrected chi connectivity index (χ2v) is 9.98. The largest absolute Gasteiger partial charge is 0.382 e. The number of rotatable bonds is 17. The molecule has 0 aromatic heterocycles. The molecule has 0 spiro atoms. The van der Waals surface area contributed by atoms with E-state index in [9.17, 15) is 4.79 Å². The summed E-state index contributed by atoms with van der Waals surface area (Å²) in [5, 5.41) is 6.59. The monoisotopic (exact) mass is 527 g/mol. The van der Waals surface area contributed by atoms with E-state index >= 15 is 0 Å². The van der Waals surface area contributed by atoms with Gasteiger partial charge in [-0.3, -0.25) is 4.79 Å². The summed E-state index contributed by atoms with van der Waals surface area (Å²) in [6, 6.07) is 26.9. The zero-order valence-corrected chi connectivity index (χ0v) is 23.9. The molecule has 0 fully saturated rings. The molecule has 0 aliphatic heterocycles. The maximum Gasteiger partial charge on any atom is 0.248 e. The maximum absolute atomic E-state index is 12.6. The molecule has 0 aliphatic carbocycles. The van der Waals surface area contributed by atoms with Crippen LogP contribution in [0.1, 0.15) is 49.8 Å². The number of benzene rings is 3. The van der Waals surface area contributed by atoms with Gasteiger partial charge in [-0.2, -0.15) is 0 Å². The summed E-state index contributed by atoms with van der Waals surface area (Å²) < 4.78 is 5.47. The molecule has 1 unspecified atom stereocenters. The molecule has 0 saturated heterocycles. The van der Waals surface area contributed by atoms with Gasteiger partial charge in [0.25, 0.3) is 0 Å². The summed E-state index contributed by atoms with van der Waals surface area (Å²) in [6.07, 6.45) is 7.79. The summed E-state index contributed by atoms with van der Waals surface area (Å²) in [5.74, 6) is 0.507. The van der Waals surface area contributed by atoms with E-state index in [1.54, 1.807) is 6.08 Å². The van der Waals surface area contributed by atoms with Gasteiger partial charge in [0, 0.05) is 50.8 Å². The number of carbonyl (C=O) groups is 1. The van der Waals surface area contributed by atoms with Gasteiger partial charge in [0.2, 0.25) is 5.91 Å². The summed E-state index contributed by atoms with van der Waals surface area (Å²) >= 11 is 0. The Kier molecular flexibility index (Phi) is 13.3. The standard InChI is InChI=1S/C34H45N3O2/c1-4-28(25-30-15-10-7-11-16-30)21-23-37(3)33-19-18-32(26-31(33)27-35-22-12-24-39-5-2)36-34(38)20-17-29-13-8-6-9-14-29/h6-11,13-20,26,28,35H,4-5,12,21-25,27H2,1-3H3,(H,36,38). The lowest BCUT2D eigenvalue weighted by Gasteiger charge is -2.26. The van der Waals surface area contributed by atoms with Crippen molar-refractivity contribution in [2.75, 3.05) is 43.6 Å². The molecule has 5 nitrogen and oxygen atoms in total. The molecule has 39 heavy (non-hydrogen) atoms. The molecule has 0 aliphatic rings. The zero-order chi connectivity index (χ0) is 27.7. The Hall–Kier alpha value is -3.41. The molecule has 1 amide bonds. The number of nitrogens with one attached hydrogen (secondary N) is 2. The van der Waals surface area contributed by atoms with Crippen molar-refractivity contribution in [3.63, 3.8) is 0 Å². The number of anilines is 2. The predicted molar refractivity (Wildman–Crippen MR) is 165 cm³/mol. The minimum atomic E-state index is -0.137. The van der Waals surface area contributed by atoms with Crippen LogP contribution in [0.4, 0.5) is 11.4 Å². The van der Waals surface area contributed by atoms with E-state index in [1.165, 1.54) is 23.2 Å². The smallest absolute Gasteiger partial charge is 0.248 e. The van der Waals surface area contributed by atoms with Crippen LogP contribution >= 0.6 is 0 Å². The molecule has 208 valence electrons. The number of hydrogen-bond acceptors (Lipinski definition) is 4. The summed E-state index contributed by atoms with van der Waals surface area (Å²) in [7, 11) is 2.17. The highest BCUT2D eigenvalue weighted by molar-refractivity contribution is 6.02. The molecule has 2 N–H and O–H groups in total. The van der Waals surface area contributed by atoms with E-state index in [0.717, 1.165) is 63.4 Å².